The fraction of sp³-hybridized carbons (Fsp3) is 0.667. The molecule has 0 amide bonds. The Bertz CT molecular complexity index is 760. The van der Waals surface area contributed by atoms with E-state index in [4.69, 9.17) is 47.7 Å². The number of carboxylic acid groups (broad SMARTS) is 1. The van der Waals surface area contributed by atoms with Crippen LogP contribution in [0.4, 0.5) is 0 Å². The lowest BCUT2D eigenvalue weighted by Crippen LogP contribution is -2.20. The molecule has 13 heteroatoms. The van der Waals surface area contributed by atoms with Gasteiger partial charge in [0.1, 0.15) is 6.61 Å². The second-order valence-corrected chi connectivity index (χ2v) is 7.87. The van der Waals surface area contributed by atoms with Gasteiger partial charge in [0.05, 0.1) is 112 Å². The van der Waals surface area contributed by atoms with Crippen molar-refractivity contribution in [1.29, 1.82) is 0 Å². The first-order valence-corrected chi connectivity index (χ1v) is 13.2. The molecular formula is C27H42O13. The Morgan fingerprint density at radius 1 is 0.475 bits per heavy atom. The Morgan fingerprint density at radius 3 is 1.15 bits per heavy atom. The maximum absolute atomic E-state index is 11.8. The molecule has 0 aromatic heterocycles. The summed E-state index contributed by atoms with van der Waals surface area (Å²) in [7, 11) is 0. The van der Waals surface area contributed by atoms with Crippen molar-refractivity contribution in [1.82, 2.24) is 0 Å². The topological polar surface area (TPSA) is 155 Å². The van der Waals surface area contributed by atoms with Gasteiger partial charge in [-0.3, -0.25) is 9.59 Å². The van der Waals surface area contributed by atoms with Crippen molar-refractivity contribution in [3.8, 4) is 0 Å². The normalized spacial score (nSPS) is 11.0. The Hall–Kier alpha value is -2.49. The third-order valence-corrected chi connectivity index (χ3v) is 4.75. The lowest BCUT2D eigenvalue weighted by atomic mass is 10.1. The van der Waals surface area contributed by atoms with Crippen LogP contribution < -0.4 is 0 Å². The van der Waals surface area contributed by atoms with E-state index < -0.39 is 17.7 Å². The number of rotatable bonds is 29. The van der Waals surface area contributed by atoms with Gasteiger partial charge in [0.15, 0.2) is 0 Å². The third kappa shape index (κ3) is 22.3. The number of benzene rings is 1. The van der Waals surface area contributed by atoms with Gasteiger partial charge in [-0.2, -0.15) is 0 Å². The highest BCUT2D eigenvalue weighted by Gasteiger charge is 2.17. The summed E-state index contributed by atoms with van der Waals surface area (Å²) in [5.74, 6) is -2.47. The number of hydrogen-bond acceptors (Lipinski definition) is 12. The van der Waals surface area contributed by atoms with E-state index in [1.807, 2.05) is 0 Å². The van der Waals surface area contributed by atoms with Gasteiger partial charge in [0.2, 0.25) is 0 Å². The van der Waals surface area contributed by atoms with E-state index in [-0.39, 0.29) is 26.2 Å². The van der Waals surface area contributed by atoms with Gasteiger partial charge in [-0.25, -0.2) is 4.79 Å². The summed E-state index contributed by atoms with van der Waals surface area (Å²) in [6.45, 7) is 6.24. The minimum absolute atomic E-state index is 0.00776. The zero-order valence-corrected chi connectivity index (χ0v) is 23.0. The molecule has 0 saturated carbocycles. The van der Waals surface area contributed by atoms with Gasteiger partial charge in [-0.05, 0) is 0 Å². The molecule has 0 unspecified atom stereocenters. The van der Waals surface area contributed by atoms with E-state index in [0.29, 0.717) is 98.1 Å². The van der Waals surface area contributed by atoms with E-state index in [1.165, 1.54) is 0 Å². The molecule has 1 N–H and O–H groups in total. The zero-order chi connectivity index (χ0) is 28.9. The molecule has 1 rings (SSSR count). The van der Waals surface area contributed by atoms with Gasteiger partial charge in [0.25, 0.3) is 5.78 Å². The molecule has 40 heavy (non-hydrogen) atoms. The molecule has 0 fully saturated rings. The fourth-order valence-corrected chi connectivity index (χ4v) is 2.77. The molecule has 0 spiro atoms. The lowest BCUT2D eigenvalue weighted by Gasteiger charge is -2.09. The quantitative estimate of drug-likeness (QED) is 0.0627. The largest absolute Gasteiger partial charge is 0.481 e. The van der Waals surface area contributed by atoms with Crippen LogP contribution in [0.2, 0.25) is 0 Å². The van der Waals surface area contributed by atoms with E-state index >= 15 is 0 Å². The maximum atomic E-state index is 11.8. The molecule has 1 aromatic carbocycles. The van der Waals surface area contributed by atoms with Crippen LogP contribution in [-0.4, -0.2) is 135 Å². The highest BCUT2D eigenvalue weighted by atomic mass is 16.6. The Balaban J connectivity index is 1.70. The molecule has 13 nitrogen and oxygen atoms in total. The maximum Gasteiger partial charge on any atom is 0.379 e. The molecule has 0 heterocycles. The predicted molar refractivity (Wildman–Crippen MR) is 141 cm³/mol. The molecule has 0 bridgehead atoms. The second-order valence-electron chi connectivity index (χ2n) is 7.87. The van der Waals surface area contributed by atoms with Crippen LogP contribution >= 0.6 is 0 Å². The van der Waals surface area contributed by atoms with E-state index in [9.17, 15) is 14.4 Å². The SMILES string of the molecule is O=C(O)CCOCCOCCOCCOCCOCCOCCOCCOCCOC(=O)C(=O)c1ccccc1. The van der Waals surface area contributed by atoms with Gasteiger partial charge in [0, 0.05) is 5.56 Å². The molecule has 0 aliphatic rings. The Morgan fingerprint density at radius 2 is 0.800 bits per heavy atom. The summed E-state index contributed by atoms with van der Waals surface area (Å²) < 4.78 is 47.6. The van der Waals surface area contributed by atoms with Crippen molar-refractivity contribution in [3.63, 3.8) is 0 Å². The molecule has 0 atom stereocenters. The van der Waals surface area contributed by atoms with Crippen molar-refractivity contribution >= 4 is 17.7 Å². The summed E-state index contributed by atoms with van der Waals surface area (Å²) in [5.41, 5.74) is 0.291. The number of ketones is 1. The minimum atomic E-state index is -0.903. The minimum Gasteiger partial charge on any atom is -0.481 e. The number of esters is 1. The van der Waals surface area contributed by atoms with Gasteiger partial charge in [-0.1, -0.05) is 30.3 Å². The van der Waals surface area contributed by atoms with Gasteiger partial charge in [-0.15, -0.1) is 0 Å². The first-order chi connectivity index (χ1) is 19.6. The fourth-order valence-electron chi connectivity index (χ4n) is 2.77. The Kier molecular flexibility index (Phi) is 23.7. The number of hydrogen-bond donors (Lipinski definition) is 1. The van der Waals surface area contributed by atoms with Crippen LogP contribution in [0.5, 0.6) is 0 Å². The summed E-state index contributed by atoms with van der Waals surface area (Å²) >= 11 is 0. The lowest BCUT2D eigenvalue weighted by molar-refractivity contribution is -0.140. The summed E-state index contributed by atoms with van der Waals surface area (Å²) in [6.07, 6.45) is -0.0107. The highest BCUT2D eigenvalue weighted by molar-refractivity contribution is 6.40. The summed E-state index contributed by atoms with van der Waals surface area (Å²) in [6, 6.07) is 8.23. The molecule has 0 aliphatic carbocycles. The monoisotopic (exact) mass is 574 g/mol. The molecule has 228 valence electrons. The van der Waals surface area contributed by atoms with Crippen LogP contribution in [0.3, 0.4) is 0 Å². The number of aliphatic carboxylic acids is 1. The van der Waals surface area contributed by atoms with E-state index in [1.54, 1.807) is 30.3 Å². The van der Waals surface area contributed by atoms with Crippen LogP contribution in [0.25, 0.3) is 0 Å². The third-order valence-electron chi connectivity index (χ3n) is 4.75. The first-order valence-electron chi connectivity index (χ1n) is 13.2. The summed E-state index contributed by atoms with van der Waals surface area (Å²) in [5, 5.41) is 8.47. The van der Waals surface area contributed by atoms with Crippen molar-refractivity contribution in [2.75, 3.05) is 112 Å². The first kappa shape index (κ1) is 35.5. The summed E-state index contributed by atoms with van der Waals surface area (Å²) in [4.78, 5) is 33.8. The van der Waals surface area contributed by atoms with Crippen LogP contribution in [0.15, 0.2) is 30.3 Å². The molecule has 1 aromatic rings. The predicted octanol–water partition coefficient (Wildman–Crippen LogP) is 1.02. The average Bonchev–Trinajstić information content (AvgIpc) is 2.96. The standard InChI is InChI=1S/C27H42O13/c28-25(29)6-7-32-8-9-33-10-11-34-12-13-35-14-15-36-16-17-37-18-19-38-20-21-39-22-23-40-27(31)26(30)24-4-2-1-3-5-24/h1-5H,6-23H2,(H,28,29). The number of carbonyl (C=O) groups is 3. The zero-order valence-electron chi connectivity index (χ0n) is 23.0. The van der Waals surface area contributed by atoms with Crippen LogP contribution in [0, 0.1) is 0 Å². The number of carbonyl (C=O) groups excluding carboxylic acids is 2. The van der Waals surface area contributed by atoms with Crippen LogP contribution in [0.1, 0.15) is 16.8 Å². The second kappa shape index (κ2) is 26.7. The molecule has 0 saturated heterocycles. The molecular weight excluding hydrogens is 532 g/mol. The van der Waals surface area contributed by atoms with Crippen molar-refractivity contribution in [3.05, 3.63) is 35.9 Å². The van der Waals surface area contributed by atoms with Crippen molar-refractivity contribution in [2.45, 2.75) is 6.42 Å². The van der Waals surface area contributed by atoms with E-state index in [0.717, 1.165) is 0 Å². The van der Waals surface area contributed by atoms with Crippen LogP contribution in [-0.2, 0) is 52.2 Å². The molecule has 0 radical (unpaired) electrons. The Labute approximate surface area is 234 Å². The highest BCUT2D eigenvalue weighted by Crippen LogP contribution is 2.01. The molecule has 0 aliphatic heterocycles. The van der Waals surface area contributed by atoms with Gasteiger partial charge < -0.3 is 47.7 Å². The number of ether oxygens (including phenoxy) is 9. The number of carboxylic acids is 1. The average molecular weight is 575 g/mol. The van der Waals surface area contributed by atoms with Crippen molar-refractivity contribution in [2.24, 2.45) is 0 Å². The van der Waals surface area contributed by atoms with E-state index in [2.05, 4.69) is 0 Å². The smallest absolute Gasteiger partial charge is 0.379 e. The van der Waals surface area contributed by atoms with Gasteiger partial charge >= 0.3 is 11.9 Å². The van der Waals surface area contributed by atoms with Crippen molar-refractivity contribution < 1.29 is 62.1 Å². The number of Topliss-reactive ketones (excluding diaryl/α,β-unsaturated/α-hetero) is 1.